The van der Waals surface area contributed by atoms with Gasteiger partial charge in [-0.1, -0.05) is 63.7 Å². The third-order valence-electron chi connectivity index (χ3n) is 5.31. The molecule has 0 aliphatic heterocycles. The molecular formula is C33H32BrNO4S2. The van der Waals surface area contributed by atoms with Gasteiger partial charge in [0.05, 0.1) is 0 Å². The molecule has 0 saturated heterocycles. The van der Waals surface area contributed by atoms with Crippen molar-refractivity contribution in [2.75, 3.05) is 5.32 Å². The Balaban J connectivity index is 0.000000239. The molecule has 0 aliphatic carbocycles. The van der Waals surface area contributed by atoms with Crippen molar-refractivity contribution in [2.24, 2.45) is 0 Å². The van der Waals surface area contributed by atoms with Gasteiger partial charge in [0.2, 0.25) is 0 Å². The van der Waals surface area contributed by atoms with Crippen LogP contribution in [-0.2, 0) is 4.74 Å². The largest absolute Gasteiger partial charge is 0.444 e. The summed E-state index contributed by atoms with van der Waals surface area (Å²) in [6.07, 6.45) is -0.470. The number of carbonyl (C=O) groups excluding carboxylic acids is 3. The minimum Gasteiger partial charge on any atom is -0.444 e. The van der Waals surface area contributed by atoms with Crippen molar-refractivity contribution >= 4 is 62.8 Å². The molecule has 0 fully saturated rings. The Kier molecular flexibility index (Phi) is 11.8. The molecule has 0 radical (unpaired) electrons. The lowest BCUT2D eigenvalue weighted by Gasteiger charge is -2.19. The fourth-order valence-electron chi connectivity index (χ4n) is 3.32. The third kappa shape index (κ3) is 11.6. The van der Waals surface area contributed by atoms with Gasteiger partial charge in [0, 0.05) is 40.9 Å². The molecule has 0 atom stereocenters. The lowest BCUT2D eigenvalue weighted by Crippen LogP contribution is -2.27. The molecule has 4 aromatic carbocycles. The number of Topliss-reactive ketones (excluding diaryl/α,β-unsaturated/α-hetero) is 2. The maximum absolute atomic E-state index is 11.7. The van der Waals surface area contributed by atoms with Gasteiger partial charge in [-0.05, 0) is 107 Å². The predicted molar refractivity (Wildman–Crippen MR) is 172 cm³/mol. The lowest BCUT2D eigenvalue weighted by molar-refractivity contribution is 0.0635. The van der Waals surface area contributed by atoms with Gasteiger partial charge in [-0.2, -0.15) is 0 Å². The van der Waals surface area contributed by atoms with E-state index in [1.165, 1.54) is 4.90 Å². The number of halogens is 1. The molecule has 212 valence electrons. The first-order chi connectivity index (χ1) is 19.4. The van der Waals surface area contributed by atoms with Crippen LogP contribution in [0.2, 0.25) is 0 Å². The maximum atomic E-state index is 11.7. The van der Waals surface area contributed by atoms with E-state index in [2.05, 4.69) is 33.4 Å². The molecule has 0 bridgehead atoms. The van der Waals surface area contributed by atoms with Crippen molar-refractivity contribution in [2.45, 2.75) is 59.8 Å². The summed E-state index contributed by atoms with van der Waals surface area (Å²) in [6, 6.07) is 30.9. The molecule has 5 nitrogen and oxygen atoms in total. The molecule has 41 heavy (non-hydrogen) atoms. The van der Waals surface area contributed by atoms with E-state index in [4.69, 9.17) is 4.74 Å². The average molecular weight is 651 g/mol. The molecule has 4 rings (SSSR count). The molecule has 1 amide bonds. The Bertz CT molecular complexity index is 1460. The van der Waals surface area contributed by atoms with Crippen molar-refractivity contribution in [3.8, 4) is 0 Å². The first-order valence-electron chi connectivity index (χ1n) is 12.8. The zero-order chi connectivity index (χ0) is 30.0. The summed E-state index contributed by atoms with van der Waals surface area (Å²) in [5.41, 5.74) is 1.62. The molecule has 1 N–H and O–H groups in total. The van der Waals surface area contributed by atoms with Crippen molar-refractivity contribution in [1.29, 1.82) is 0 Å². The SMILES string of the molecule is CC(=O)c1ccc(Sc2ccc(Br)cc2)cc1.CC(=O)c1ccc(Sc2ccc(NC(=O)OC(C)(C)C)cc2)cc1. The number of nitrogens with one attached hydrogen (secondary N) is 1. The Morgan fingerprint density at radius 2 is 0.951 bits per heavy atom. The third-order valence-corrected chi connectivity index (χ3v) is 7.87. The summed E-state index contributed by atoms with van der Waals surface area (Å²) in [7, 11) is 0. The van der Waals surface area contributed by atoms with Crippen LogP contribution in [0.15, 0.2) is 121 Å². The first kappa shape index (κ1) is 32.2. The quantitative estimate of drug-likeness (QED) is 0.201. The van der Waals surface area contributed by atoms with Gasteiger partial charge in [0.1, 0.15) is 5.60 Å². The summed E-state index contributed by atoms with van der Waals surface area (Å²) < 4.78 is 6.29. The van der Waals surface area contributed by atoms with Crippen LogP contribution in [0, 0.1) is 0 Å². The van der Waals surface area contributed by atoms with E-state index in [0.717, 1.165) is 24.7 Å². The molecule has 0 aliphatic rings. The van der Waals surface area contributed by atoms with Crippen molar-refractivity contribution < 1.29 is 19.1 Å². The van der Waals surface area contributed by atoms with Gasteiger partial charge in [-0.25, -0.2) is 4.79 Å². The Labute approximate surface area is 258 Å². The van der Waals surface area contributed by atoms with Crippen LogP contribution in [0.4, 0.5) is 10.5 Å². The Hall–Kier alpha value is -3.33. The maximum Gasteiger partial charge on any atom is 0.412 e. The number of hydrogen-bond acceptors (Lipinski definition) is 6. The molecule has 0 aromatic heterocycles. The second kappa shape index (κ2) is 15.1. The topological polar surface area (TPSA) is 72.5 Å². The number of carbonyl (C=O) groups is 3. The fraction of sp³-hybridized carbons (Fsp3) is 0.182. The number of ether oxygens (including phenoxy) is 1. The second-order valence-electron chi connectivity index (χ2n) is 9.97. The summed E-state index contributed by atoms with van der Waals surface area (Å²) in [5, 5.41) is 2.70. The van der Waals surface area contributed by atoms with Crippen LogP contribution >= 0.6 is 39.5 Å². The molecule has 0 heterocycles. The zero-order valence-electron chi connectivity index (χ0n) is 23.6. The highest BCUT2D eigenvalue weighted by atomic mass is 79.9. The molecule has 0 spiro atoms. The van der Waals surface area contributed by atoms with Gasteiger partial charge in [-0.15, -0.1) is 0 Å². The van der Waals surface area contributed by atoms with E-state index >= 15 is 0 Å². The number of amides is 1. The van der Waals surface area contributed by atoms with E-state index in [1.54, 1.807) is 37.4 Å². The molecular weight excluding hydrogens is 618 g/mol. The lowest BCUT2D eigenvalue weighted by atomic mass is 10.2. The molecule has 0 saturated carbocycles. The van der Waals surface area contributed by atoms with Crippen LogP contribution in [0.25, 0.3) is 0 Å². The van der Waals surface area contributed by atoms with Gasteiger partial charge in [0.15, 0.2) is 11.6 Å². The predicted octanol–water partition coefficient (Wildman–Crippen LogP) is 10.2. The normalized spacial score (nSPS) is 10.7. The Morgan fingerprint density at radius 1 is 0.610 bits per heavy atom. The average Bonchev–Trinajstić information content (AvgIpc) is 2.91. The summed E-state index contributed by atoms with van der Waals surface area (Å²) in [4.78, 5) is 38.6. The molecule has 0 unspecified atom stereocenters. The molecule has 8 heteroatoms. The van der Waals surface area contributed by atoms with E-state index < -0.39 is 11.7 Å². The van der Waals surface area contributed by atoms with Crippen LogP contribution in [0.5, 0.6) is 0 Å². The highest BCUT2D eigenvalue weighted by molar-refractivity contribution is 9.10. The minimum absolute atomic E-state index is 0.0594. The highest BCUT2D eigenvalue weighted by Crippen LogP contribution is 2.30. The van der Waals surface area contributed by atoms with Gasteiger partial charge in [-0.3, -0.25) is 14.9 Å². The molecule has 4 aromatic rings. The highest BCUT2D eigenvalue weighted by Gasteiger charge is 2.16. The van der Waals surface area contributed by atoms with Gasteiger partial charge >= 0.3 is 6.09 Å². The van der Waals surface area contributed by atoms with Crippen LogP contribution in [0.1, 0.15) is 55.3 Å². The van der Waals surface area contributed by atoms with E-state index in [1.807, 2.05) is 106 Å². The van der Waals surface area contributed by atoms with Crippen molar-refractivity contribution in [3.63, 3.8) is 0 Å². The van der Waals surface area contributed by atoms with E-state index in [9.17, 15) is 14.4 Å². The fourth-order valence-corrected chi connectivity index (χ4v) is 5.22. The van der Waals surface area contributed by atoms with Crippen LogP contribution in [-0.4, -0.2) is 23.3 Å². The van der Waals surface area contributed by atoms with Crippen LogP contribution in [0.3, 0.4) is 0 Å². The summed E-state index contributed by atoms with van der Waals surface area (Å²) in [5.74, 6) is 0.161. The number of anilines is 1. The second-order valence-corrected chi connectivity index (χ2v) is 13.2. The van der Waals surface area contributed by atoms with Gasteiger partial charge < -0.3 is 4.74 Å². The van der Waals surface area contributed by atoms with E-state index in [0.29, 0.717) is 11.3 Å². The monoisotopic (exact) mass is 649 g/mol. The van der Waals surface area contributed by atoms with Gasteiger partial charge in [0.25, 0.3) is 0 Å². The number of benzene rings is 4. The van der Waals surface area contributed by atoms with Crippen LogP contribution < -0.4 is 5.32 Å². The number of ketones is 2. The minimum atomic E-state index is -0.522. The Morgan fingerprint density at radius 3 is 1.29 bits per heavy atom. The standard InChI is InChI=1S/C19H21NO3S.C14H11BrOS/c1-13(21)14-5-9-16(10-6-14)24-17-11-7-15(8-12-17)20-18(22)23-19(2,3)4;1-10(16)11-2-6-13(7-3-11)17-14-8-4-12(15)5-9-14/h5-12H,1-4H3,(H,20,22);2-9H,1H3. The first-order valence-corrected chi connectivity index (χ1v) is 15.2. The van der Waals surface area contributed by atoms with Crippen molar-refractivity contribution in [1.82, 2.24) is 0 Å². The zero-order valence-corrected chi connectivity index (χ0v) is 26.8. The summed E-state index contributed by atoms with van der Waals surface area (Å²) >= 11 is 6.68. The number of rotatable bonds is 7. The smallest absolute Gasteiger partial charge is 0.412 e. The van der Waals surface area contributed by atoms with Crippen molar-refractivity contribution in [3.05, 3.63) is 113 Å². The summed E-state index contributed by atoms with van der Waals surface area (Å²) in [6.45, 7) is 8.60. The van der Waals surface area contributed by atoms with E-state index in [-0.39, 0.29) is 11.6 Å². The number of hydrogen-bond donors (Lipinski definition) is 1.